The average Bonchev–Trinajstić information content (AvgIpc) is 4.18. The number of benzene rings is 2. The molecule has 0 fully saturated rings. The maximum absolute atomic E-state index is 13.5. The van der Waals surface area contributed by atoms with Crippen LogP contribution in [0.2, 0.25) is 0 Å². The number of ether oxygens (including phenoxy) is 6. The van der Waals surface area contributed by atoms with Crippen molar-refractivity contribution in [1.29, 1.82) is 0 Å². The fraction of sp³-hybridized carbons (Fsp3) is 0.531. The summed E-state index contributed by atoms with van der Waals surface area (Å²) in [4.78, 5) is 40.5. The van der Waals surface area contributed by atoms with Crippen LogP contribution >= 0.6 is 0 Å². The molecule has 22 nitrogen and oxygen atoms in total. The first-order valence-corrected chi connectivity index (χ1v) is 23.8. The minimum absolute atomic E-state index is 0.0281. The molecular formula is C49H68N10O12. The molecule has 0 spiro atoms. The number of nitrogens with one attached hydrogen (secondary N) is 2. The van der Waals surface area contributed by atoms with E-state index in [1.807, 2.05) is 66.3 Å². The number of H-pyrrole nitrogens is 1. The highest BCUT2D eigenvalue weighted by Crippen LogP contribution is 2.31. The van der Waals surface area contributed by atoms with E-state index in [-0.39, 0.29) is 35.4 Å². The van der Waals surface area contributed by atoms with E-state index in [9.17, 15) is 19.5 Å². The first kappa shape index (κ1) is 55.5. The highest BCUT2D eigenvalue weighted by atomic mass is 16.6. The van der Waals surface area contributed by atoms with Gasteiger partial charge >= 0.3 is 11.8 Å². The Labute approximate surface area is 412 Å². The second kappa shape index (κ2) is 29.0. The molecule has 386 valence electrons. The van der Waals surface area contributed by atoms with Gasteiger partial charge in [0.05, 0.1) is 72.3 Å². The molecule has 0 aliphatic rings. The number of aryl methyl sites for hydroxylation is 3. The van der Waals surface area contributed by atoms with Gasteiger partial charge in [0, 0.05) is 38.5 Å². The monoisotopic (exact) mass is 989 g/mol. The third-order valence-corrected chi connectivity index (χ3v) is 10.6. The lowest BCUT2D eigenvalue weighted by atomic mass is 9.98. The largest absolute Gasteiger partial charge is 0.519 e. The lowest BCUT2D eigenvalue weighted by Gasteiger charge is -2.17. The zero-order valence-corrected chi connectivity index (χ0v) is 41.8. The second-order valence-electron chi connectivity index (χ2n) is 17.2. The van der Waals surface area contributed by atoms with E-state index >= 15 is 0 Å². The number of nitrogens with zero attached hydrogens (tertiary/aromatic N) is 8. The Kier molecular flexibility index (Phi) is 22.7. The third kappa shape index (κ3) is 18.4. The van der Waals surface area contributed by atoms with Crippen molar-refractivity contribution in [2.75, 3.05) is 66.5 Å². The molecule has 4 heterocycles. The van der Waals surface area contributed by atoms with Gasteiger partial charge in [-0.1, -0.05) is 74.5 Å². The summed E-state index contributed by atoms with van der Waals surface area (Å²) in [7, 11) is 1.61. The molecule has 0 saturated heterocycles. The second-order valence-corrected chi connectivity index (χ2v) is 17.2. The zero-order chi connectivity index (χ0) is 51.0. The lowest BCUT2D eigenvalue weighted by molar-refractivity contribution is -0.121. The van der Waals surface area contributed by atoms with E-state index in [2.05, 4.69) is 55.1 Å². The van der Waals surface area contributed by atoms with Crippen LogP contribution in [0.25, 0.3) is 22.5 Å². The molecule has 0 atom stereocenters. The van der Waals surface area contributed by atoms with Gasteiger partial charge in [-0.15, -0.1) is 15.3 Å². The number of tetrazole rings is 1. The maximum atomic E-state index is 13.5. The summed E-state index contributed by atoms with van der Waals surface area (Å²) < 4.78 is 46.0. The Bertz CT molecular complexity index is 2540. The number of aromatic amines is 1. The molecule has 3 N–H and O–H groups in total. The van der Waals surface area contributed by atoms with E-state index < -0.39 is 17.4 Å². The number of hydrogen-bond donors (Lipinski definition) is 3. The first-order valence-electron chi connectivity index (χ1n) is 23.8. The number of carbonyl (C=O) groups is 2. The van der Waals surface area contributed by atoms with Crippen molar-refractivity contribution in [2.45, 2.75) is 99.1 Å². The maximum Gasteiger partial charge on any atom is 0.519 e. The Morgan fingerprint density at radius 2 is 1.51 bits per heavy atom. The molecule has 6 rings (SSSR count). The third-order valence-electron chi connectivity index (χ3n) is 10.6. The van der Waals surface area contributed by atoms with Crippen molar-refractivity contribution < 1.29 is 52.0 Å². The number of amides is 1. The van der Waals surface area contributed by atoms with Crippen LogP contribution in [0, 0.1) is 12.8 Å². The molecule has 0 saturated carbocycles. The van der Waals surface area contributed by atoms with Gasteiger partial charge in [0.2, 0.25) is 11.7 Å². The topological polar surface area (TPSA) is 268 Å². The summed E-state index contributed by atoms with van der Waals surface area (Å²) in [6.45, 7) is 16.8. The van der Waals surface area contributed by atoms with Crippen LogP contribution in [-0.4, -0.2) is 129 Å². The Morgan fingerprint density at radius 1 is 0.859 bits per heavy atom. The molecule has 22 heteroatoms. The molecule has 6 aromatic rings. The molecule has 2 aromatic carbocycles. The summed E-state index contributed by atoms with van der Waals surface area (Å²) in [5.74, 6) is 0.536. The Morgan fingerprint density at radius 3 is 2.08 bits per heavy atom. The van der Waals surface area contributed by atoms with Crippen LogP contribution in [0.5, 0.6) is 0 Å². The fourth-order valence-corrected chi connectivity index (χ4v) is 6.85. The van der Waals surface area contributed by atoms with E-state index in [0.717, 1.165) is 47.3 Å². The van der Waals surface area contributed by atoms with Crippen molar-refractivity contribution in [2.24, 2.45) is 5.92 Å². The van der Waals surface area contributed by atoms with Crippen LogP contribution < -0.4 is 11.1 Å². The highest BCUT2D eigenvalue weighted by Gasteiger charge is 2.33. The number of rotatable bonds is 30. The Hall–Kier alpha value is -6.43. The van der Waals surface area contributed by atoms with E-state index in [1.54, 1.807) is 32.4 Å². The van der Waals surface area contributed by atoms with Gasteiger partial charge in [-0.3, -0.25) is 9.48 Å². The van der Waals surface area contributed by atoms with Gasteiger partial charge in [0.15, 0.2) is 23.8 Å². The summed E-state index contributed by atoms with van der Waals surface area (Å²) in [6, 6.07) is 15.7. The fourth-order valence-electron chi connectivity index (χ4n) is 6.85. The van der Waals surface area contributed by atoms with Crippen molar-refractivity contribution in [3.63, 3.8) is 0 Å². The predicted octanol–water partition coefficient (Wildman–Crippen LogP) is 5.21. The lowest BCUT2D eigenvalue weighted by Crippen LogP contribution is -2.23. The molecule has 4 aromatic heterocycles. The normalized spacial score (nSPS) is 11.5. The number of aliphatic hydroxyl groups is 1. The zero-order valence-electron chi connectivity index (χ0n) is 41.8. The van der Waals surface area contributed by atoms with Crippen molar-refractivity contribution in [1.82, 2.24) is 50.5 Å². The van der Waals surface area contributed by atoms with E-state index in [1.165, 1.54) is 0 Å². The van der Waals surface area contributed by atoms with Gasteiger partial charge in [-0.25, -0.2) is 14.6 Å². The molecule has 0 radical (unpaired) electrons. The summed E-state index contributed by atoms with van der Waals surface area (Å²) in [6.07, 6.45) is 4.74. The standard InChI is InChI=1S/C29H30N6O6.C20H38N4O6/c1-5-8-23-30-25(29(3,4)38)24(27(36)39-16-22-17(2)40-28(37)41-22)35(23)15-18-11-13-19(14-12-18)20-9-6-7-10-21(20)26-31-33-34-32-26;1-18(2)4-6-24-16-19(22-23-24)17-30-15-14-29-13-12-28-11-10-27-9-8-26-7-5-20(25)21-3/h6-7,9-14,38H,5,8,15-16H2,1-4H3,(H,31,32,33,34);16,18H,4-15,17H2,1-3H3,(H,21,25). The molecule has 0 bridgehead atoms. The molecule has 0 aliphatic heterocycles. The smallest absolute Gasteiger partial charge is 0.453 e. The molecular weight excluding hydrogens is 921 g/mol. The molecule has 1 amide bonds. The van der Waals surface area contributed by atoms with Crippen LogP contribution in [0.15, 0.2) is 68.4 Å². The van der Waals surface area contributed by atoms with Crippen molar-refractivity contribution >= 4 is 11.9 Å². The summed E-state index contributed by atoms with van der Waals surface area (Å²) in [5, 5.41) is 36.0. The number of esters is 1. The van der Waals surface area contributed by atoms with Gasteiger partial charge in [-0.2, -0.15) is 5.21 Å². The number of aromatic nitrogens is 9. The molecule has 0 aliphatic carbocycles. The van der Waals surface area contributed by atoms with E-state index in [0.29, 0.717) is 103 Å². The van der Waals surface area contributed by atoms with Crippen LogP contribution in [-0.2, 0) is 71.5 Å². The number of imidazole rings is 1. The van der Waals surface area contributed by atoms with Crippen molar-refractivity contribution in [3.8, 4) is 22.5 Å². The van der Waals surface area contributed by atoms with Crippen molar-refractivity contribution in [3.05, 3.63) is 105 Å². The van der Waals surface area contributed by atoms with Gasteiger partial charge < -0.3 is 52.2 Å². The number of hydrogen-bond acceptors (Lipinski definition) is 18. The van der Waals surface area contributed by atoms with Crippen LogP contribution in [0.3, 0.4) is 0 Å². The summed E-state index contributed by atoms with van der Waals surface area (Å²) >= 11 is 0. The van der Waals surface area contributed by atoms with Gasteiger partial charge in [0.25, 0.3) is 0 Å². The van der Waals surface area contributed by atoms with Gasteiger partial charge in [0.1, 0.15) is 22.8 Å². The van der Waals surface area contributed by atoms with E-state index in [4.69, 9.17) is 37.3 Å². The number of carbonyl (C=O) groups excluding carboxylic acids is 2. The average molecular weight is 989 g/mol. The first-order chi connectivity index (χ1) is 34.3. The summed E-state index contributed by atoms with van der Waals surface area (Å²) in [5.41, 5.74) is 3.43. The Balaban J connectivity index is 0.000000279. The van der Waals surface area contributed by atoms with Gasteiger partial charge in [-0.05, 0) is 61.4 Å². The minimum atomic E-state index is -1.41. The predicted molar refractivity (Wildman–Crippen MR) is 258 cm³/mol. The molecule has 71 heavy (non-hydrogen) atoms. The minimum Gasteiger partial charge on any atom is -0.453 e. The van der Waals surface area contributed by atoms with Crippen LogP contribution in [0.4, 0.5) is 0 Å². The SMILES string of the molecule is CCCc1nc(C(C)(C)O)c(C(=O)OCc2oc(=O)oc2C)n1Cc1ccc(-c2ccccc2-c2nn[nH]n2)cc1.CNC(=O)CCOCCOCCOCCOCCOCc1cn(CCC(C)C)nn1. The van der Waals surface area contributed by atoms with Crippen LogP contribution in [0.1, 0.15) is 98.7 Å². The highest BCUT2D eigenvalue weighted by molar-refractivity contribution is 5.89. The molecule has 0 unspecified atom stereocenters. The quantitative estimate of drug-likeness (QED) is 0.0386.